The lowest BCUT2D eigenvalue weighted by atomic mass is 10.1. The lowest BCUT2D eigenvalue weighted by Gasteiger charge is -1.98. The van der Waals surface area contributed by atoms with E-state index in [1.165, 1.54) is 0 Å². The first-order valence-electron chi connectivity index (χ1n) is 5.59. The molecular formula is C14H12N2O2. The molecule has 90 valence electrons. The Balaban J connectivity index is 2.17. The number of aromatic nitrogens is 2. The van der Waals surface area contributed by atoms with Crippen molar-refractivity contribution in [2.45, 2.75) is 0 Å². The number of imidazole rings is 1. The maximum Gasteiger partial charge on any atom is 0.141 e. The van der Waals surface area contributed by atoms with Crippen molar-refractivity contribution in [2.24, 2.45) is 0 Å². The van der Waals surface area contributed by atoms with Crippen LogP contribution in [0, 0.1) is 0 Å². The van der Waals surface area contributed by atoms with E-state index < -0.39 is 0 Å². The molecule has 0 fully saturated rings. The zero-order valence-corrected chi connectivity index (χ0v) is 9.87. The minimum atomic E-state index is 0.230. The maximum absolute atomic E-state index is 9.82. The number of ether oxygens (including phenoxy) is 1. The summed E-state index contributed by atoms with van der Waals surface area (Å²) >= 11 is 0. The molecule has 3 aromatic rings. The standard InChI is InChI=1S/C14H12N2O2/c1-18-10-6-7-16-9-12(15-14(16)8-10)11-4-2-3-5-13(11)17/h2-9,17H,1H3. The summed E-state index contributed by atoms with van der Waals surface area (Å²) in [5.41, 5.74) is 2.24. The van der Waals surface area contributed by atoms with Crippen LogP contribution >= 0.6 is 0 Å². The van der Waals surface area contributed by atoms with Gasteiger partial charge in [0, 0.05) is 24.0 Å². The normalized spacial score (nSPS) is 10.7. The first kappa shape index (κ1) is 10.7. The van der Waals surface area contributed by atoms with Gasteiger partial charge in [-0.25, -0.2) is 4.98 Å². The molecule has 18 heavy (non-hydrogen) atoms. The van der Waals surface area contributed by atoms with Gasteiger partial charge in [-0.1, -0.05) is 12.1 Å². The van der Waals surface area contributed by atoms with Crippen molar-refractivity contribution in [1.29, 1.82) is 0 Å². The van der Waals surface area contributed by atoms with Crippen molar-refractivity contribution in [1.82, 2.24) is 9.38 Å². The fourth-order valence-corrected chi connectivity index (χ4v) is 1.91. The second-order valence-electron chi connectivity index (χ2n) is 3.98. The van der Waals surface area contributed by atoms with Crippen LogP contribution in [-0.4, -0.2) is 21.6 Å². The highest BCUT2D eigenvalue weighted by molar-refractivity contribution is 5.68. The molecule has 0 saturated heterocycles. The number of aromatic hydroxyl groups is 1. The van der Waals surface area contributed by atoms with Crippen molar-refractivity contribution >= 4 is 5.65 Å². The van der Waals surface area contributed by atoms with Gasteiger partial charge in [-0.15, -0.1) is 0 Å². The molecule has 0 bridgehead atoms. The molecule has 0 radical (unpaired) electrons. The topological polar surface area (TPSA) is 46.8 Å². The third-order valence-electron chi connectivity index (χ3n) is 2.85. The largest absolute Gasteiger partial charge is 0.507 e. The highest BCUT2D eigenvalue weighted by atomic mass is 16.5. The van der Waals surface area contributed by atoms with Gasteiger partial charge in [-0.05, 0) is 18.2 Å². The Hall–Kier alpha value is -2.49. The van der Waals surface area contributed by atoms with E-state index in [1.807, 2.05) is 41.1 Å². The zero-order valence-electron chi connectivity index (χ0n) is 9.87. The van der Waals surface area contributed by atoms with E-state index in [-0.39, 0.29) is 5.75 Å². The number of phenols is 1. The molecule has 0 unspecified atom stereocenters. The fourth-order valence-electron chi connectivity index (χ4n) is 1.91. The summed E-state index contributed by atoms with van der Waals surface area (Å²) in [5.74, 6) is 0.991. The number of nitrogens with zero attached hydrogens (tertiary/aromatic N) is 2. The average Bonchev–Trinajstić information content (AvgIpc) is 2.81. The molecule has 0 aliphatic heterocycles. The Bertz CT molecular complexity index is 704. The zero-order chi connectivity index (χ0) is 12.5. The van der Waals surface area contributed by atoms with Crippen LogP contribution < -0.4 is 4.74 Å². The quantitative estimate of drug-likeness (QED) is 0.749. The van der Waals surface area contributed by atoms with E-state index >= 15 is 0 Å². The molecule has 0 atom stereocenters. The summed E-state index contributed by atoms with van der Waals surface area (Å²) in [5, 5.41) is 9.82. The van der Waals surface area contributed by atoms with Crippen LogP contribution in [0.15, 0.2) is 48.8 Å². The Morgan fingerprint density at radius 1 is 1.22 bits per heavy atom. The molecule has 0 aliphatic rings. The maximum atomic E-state index is 9.82. The lowest BCUT2D eigenvalue weighted by Crippen LogP contribution is -1.86. The molecule has 3 rings (SSSR count). The number of phenolic OH excluding ortho intramolecular Hbond substituents is 1. The third kappa shape index (κ3) is 1.68. The summed E-state index contributed by atoms with van der Waals surface area (Å²) in [6, 6.07) is 10.9. The van der Waals surface area contributed by atoms with Gasteiger partial charge in [0.05, 0.1) is 12.8 Å². The number of hydrogen-bond acceptors (Lipinski definition) is 3. The first-order chi connectivity index (χ1) is 8.78. The second-order valence-corrected chi connectivity index (χ2v) is 3.98. The smallest absolute Gasteiger partial charge is 0.141 e. The summed E-state index contributed by atoms with van der Waals surface area (Å²) in [7, 11) is 1.62. The minimum absolute atomic E-state index is 0.230. The van der Waals surface area contributed by atoms with Crippen LogP contribution in [0.25, 0.3) is 16.9 Å². The van der Waals surface area contributed by atoms with Crippen LogP contribution in [0.5, 0.6) is 11.5 Å². The number of pyridine rings is 1. The monoisotopic (exact) mass is 240 g/mol. The van der Waals surface area contributed by atoms with Crippen molar-refractivity contribution < 1.29 is 9.84 Å². The van der Waals surface area contributed by atoms with Crippen molar-refractivity contribution in [3.8, 4) is 22.8 Å². The van der Waals surface area contributed by atoms with Gasteiger partial charge in [0.25, 0.3) is 0 Å². The van der Waals surface area contributed by atoms with E-state index in [9.17, 15) is 5.11 Å². The SMILES string of the molecule is COc1ccn2cc(-c3ccccc3O)nc2c1. The van der Waals surface area contributed by atoms with Gasteiger partial charge in [0.15, 0.2) is 0 Å². The number of hydrogen-bond donors (Lipinski definition) is 1. The van der Waals surface area contributed by atoms with Crippen LogP contribution in [0.1, 0.15) is 0 Å². The van der Waals surface area contributed by atoms with E-state index in [4.69, 9.17) is 4.74 Å². The molecule has 2 aromatic heterocycles. The van der Waals surface area contributed by atoms with Crippen LogP contribution in [-0.2, 0) is 0 Å². The Morgan fingerprint density at radius 3 is 2.83 bits per heavy atom. The van der Waals surface area contributed by atoms with Crippen molar-refractivity contribution in [3.63, 3.8) is 0 Å². The summed E-state index contributed by atoms with van der Waals surface area (Å²) in [6.07, 6.45) is 3.76. The third-order valence-corrected chi connectivity index (χ3v) is 2.85. The molecule has 0 aliphatic carbocycles. The molecule has 0 saturated carbocycles. The van der Waals surface area contributed by atoms with Gasteiger partial charge in [-0.3, -0.25) is 0 Å². The van der Waals surface area contributed by atoms with Crippen molar-refractivity contribution in [3.05, 3.63) is 48.8 Å². The number of para-hydroxylation sites is 1. The molecule has 4 nitrogen and oxygen atoms in total. The summed E-state index contributed by atoms with van der Waals surface area (Å²) in [4.78, 5) is 4.48. The highest BCUT2D eigenvalue weighted by Gasteiger charge is 2.08. The van der Waals surface area contributed by atoms with Crippen LogP contribution in [0.4, 0.5) is 0 Å². The Morgan fingerprint density at radius 2 is 2.06 bits per heavy atom. The van der Waals surface area contributed by atoms with Crippen LogP contribution in [0.2, 0.25) is 0 Å². The van der Waals surface area contributed by atoms with E-state index in [1.54, 1.807) is 19.2 Å². The van der Waals surface area contributed by atoms with Gasteiger partial charge in [0.1, 0.15) is 17.1 Å². The van der Waals surface area contributed by atoms with E-state index in [2.05, 4.69) is 4.98 Å². The number of rotatable bonds is 2. The Kier molecular flexibility index (Phi) is 2.41. The molecule has 0 amide bonds. The van der Waals surface area contributed by atoms with Crippen LogP contribution in [0.3, 0.4) is 0 Å². The number of benzene rings is 1. The van der Waals surface area contributed by atoms with Gasteiger partial charge in [-0.2, -0.15) is 0 Å². The predicted octanol–water partition coefficient (Wildman–Crippen LogP) is 2.72. The molecular weight excluding hydrogens is 228 g/mol. The molecule has 1 aromatic carbocycles. The molecule has 2 heterocycles. The summed E-state index contributed by atoms with van der Waals surface area (Å²) < 4.78 is 7.05. The van der Waals surface area contributed by atoms with Gasteiger partial charge >= 0.3 is 0 Å². The van der Waals surface area contributed by atoms with Crippen molar-refractivity contribution in [2.75, 3.05) is 7.11 Å². The second kappa shape index (κ2) is 4.07. The molecule has 0 spiro atoms. The minimum Gasteiger partial charge on any atom is -0.507 e. The Labute approximate surface area is 104 Å². The van der Waals surface area contributed by atoms with Gasteiger partial charge in [0.2, 0.25) is 0 Å². The highest BCUT2D eigenvalue weighted by Crippen LogP contribution is 2.28. The predicted molar refractivity (Wildman–Crippen MR) is 68.8 cm³/mol. The lowest BCUT2D eigenvalue weighted by molar-refractivity contribution is 0.414. The number of fused-ring (bicyclic) bond motifs is 1. The average molecular weight is 240 g/mol. The van der Waals surface area contributed by atoms with E-state index in [0.717, 1.165) is 22.7 Å². The molecule has 1 N–H and O–H groups in total. The number of methoxy groups -OCH3 is 1. The molecule has 4 heteroatoms. The first-order valence-corrected chi connectivity index (χ1v) is 5.59. The van der Waals surface area contributed by atoms with E-state index in [0.29, 0.717) is 0 Å². The summed E-state index contributed by atoms with van der Waals surface area (Å²) in [6.45, 7) is 0. The fraction of sp³-hybridized carbons (Fsp3) is 0.0714. The van der Waals surface area contributed by atoms with Gasteiger partial charge < -0.3 is 14.2 Å².